The molecule has 20 heteroatoms. The van der Waals surface area contributed by atoms with Gasteiger partial charge in [-0.25, -0.2) is 18.9 Å². The molecule has 0 unspecified atom stereocenters. The fraction of sp³-hybridized carbons (Fsp3) is 0.122. The molecule has 0 fully saturated rings. The number of thioether (sulfide) groups is 2. The zero-order valence-electron chi connectivity index (χ0n) is 32.5. The Bertz CT molecular complexity index is 2690. The normalized spacial score (nSPS) is 10.7. The summed E-state index contributed by atoms with van der Waals surface area (Å²) in [5.41, 5.74) is 1.38. The van der Waals surface area contributed by atoms with E-state index in [1.54, 1.807) is 111 Å². The first-order valence-corrected chi connectivity index (χ1v) is 20.4. The van der Waals surface area contributed by atoms with Gasteiger partial charge in [0.15, 0.2) is 11.5 Å². The molecule has 2 amide bonds. The van der Waals surface area contributed by atoms with Gasteiger partial charge in [-0.3, -0.25) is 18.9 Å². The molecule has 8 rings (SSSR count). The molecule has 310 valence electrons. The Morgan fingerprint density at radius 2 is 1.03 bits per heavy atom. The van der Waals surface area contributed by atoms with E-state index >= 15 is 0 Å². The van der Waals surface area contributed by atoms with Crippen LogP contribution < -0.4 is 10.6 Å². The molecule has 61 heavy (non-hydrogen) atoms. The quantitative estimate of drug-likeness (QED) is 0.0810. The monoisotopic (exact) mass is 860 g/mol. The molecular formula is C41H36N10O8S2. The van der Waals surface area contributed by atoms with E-state index < -0.39 is 11.9 Å². The first-order chi connectivity index (χ1) is 29.8. The lowest BCUT2D eigenvalue weighted by Gasteiger charge is -2.11. The molecule has 18 nitrogen and oxygen atoms in total. The molecule has 0 saturated carbocycles. The lowest BCUT2D eigenvalue weighted by Crippen LogP contribution is -2.18. The van der Waals surface area contributed by atoms with Gasteiger partial charge in [-0.15, -0.1) is 20.4 Å². The summed E-state index contributed by atoms with van der Waals surface area (Å²) in [6.45, 7) is 1.98. The maximum atomic E-state index is 12.6. The van der Waals surface area contributed by atoms with E-state index in [1.165, 1.54) is 30.6 Å². The van der Waals surface area contributed by atoms with Crippen LogP contribution in [0.2, 0.25) is 0 Å². The van der Waals surface area contributed by atoms with Gasteiger partial charge in [0.25, 0.3) is 0 Å². The number of esters is 2. The predicted molar refractivity (Wildman–Crippen MR) is 225 cm³/mol. The highest BCUT2D eigenvalue weighted by molar-refractivity contribution is 8.00. The molecule has 0 aliphatic heterocycles. The van der Waals surface area contributed by atoms with Crippen LogP contribution in [0.25, 0.3) is 23.2 Å². The van der Waals surface area contributed by atoms with Crippen molar-refractivity contribution in [2.75, 3.05) is 35.9 Å². The molecule has 8 aromatic rings. The van der Waals surface area contributed by atoms with Gasteiger partial charge in [0.1, 0.15) is 0 Å². The summed E-state index contributed by atoms with van der Waals surface area (Å²) < 4.78 is 27.8. The number of hydrogen-bond donors (Lipinski definition) is 2. The van der Waals surface area contributed by atoms with Crippen molar-refractivity contribution in [2.24, 2.45) is 0 Å². The van der Waals surface area contributed by atoms with E-state index in [1.807, 2.05) is 49.1 Å². The number of methoxy groups -OCH3 is 1. The fourth-order valence-electron chi connectivity index (χ4n) is 5.66. The van der Waals surface area contributed by atoms with Gasteiger partial charge in [-0.2, -0.15) is 0 Å². The Kier molecular flexibility index (Phi) is 13.6. The van der Waals surface area contributed by atoms with Gasteiger partial charge in [0.2, 0.25) is 33.8 Å². The van der Waals surface area contributed by atoms with Crippen molar-refractivity contribution in [3.05, 3.63) is 146 Å². The lowest BCUT2D eigenvalue weighted by molar-refractivity contribution is -0.114. The Morgan fingerprint density at radius 3 is 1.44 bits per heavy atom. The van der Waals surface area contributed by atoms with Gasteiger partial charge >= 0.3 is 11.9 Å². The van der Waals surface area contributed by atoms with Crippen LogP contribution >= 0.6 is 23.5 Å². The van der Waals surface area contributed by atoms with Crippen LogP contribution in [0.1, 0.15) is 27.6 Å². The standard InChI is InChI=1S/C21H19N5O4S.C20H17N5O4S/c1-2-29-20(28)15-8-3-4-9-16(15)22-18(27)14-31-21-24-23-19(17-10-7-13-30-17)26(21)25-11-5-6-12-25;1-28-19(27)14-7-2-3-8-15(14)21-17(26)13-30-20-23-22-18(16-9-6-12-29-16)25(20)24-10-4-5-11-24/h3-13H,2,14H2,1H3,(H,22,27);2-12H,13H2,1H3,(H,21,26). The summed E-state index contributed by atoms with van der Waals surface area (Å²) in [4.78, 5) is 49.1. The summed E-state index contributed by atoms with van der Waals surface area (Å²) in [5.74, 6) is 0.672. The Labute approximate surface area is 355 Å². The Hall–Kier alpha value is -7.58. The average Bonchev–Trinajstić information content (AvgIpc) is 4.12. The number of hydrogen-bond acceptors (Lipinski definition) is 14. The van der Waals surface area contributed by atoms with Crippen LogP contribution in [0.4, 0.5) is 11.4 Å². The second-order valence-corrected chi connectivity index (χ2v) is 14.2. The molecule has 6 heterocycles. The van der Waals surface area contributed by atoms with Crippen molar-refractivity contribution >= 4 is 58.7 Å². The molecule has 2 aromatic carbocycles. The number of carbonyl (C=O) groups excluding carboxylic acids is 4. The number of furan rings is 2. The van der Waals surface area contributed by atoms with Crippen molar-refractivity contribution in [3.63, 3.8) is 0 Å². The van der Waals surface area contributed by atoms with Gasteiger partial charge in [0, 0.05) is 24.8 Å². The molecular weight excluding hydrogens is 825 g/mol. The first-order valence-electron chi connectivity index (χ1n) is 18.4. The highest BCUT2D eigenvalue weighted by Crippen LogP contribution is 2.27. The van der Waals surface area contributed by atoms with Gasteiger partial charge in [-0.1, -0.05) is 47.8 Å². The molecule has 0 aliphatic carbocycles. The maximum Gasteiger partial charge on any atom is 0.340 e. The Morgan fingerprint density at radius 1 is 0.590 bits per heavy atom. The van der Waals surface area contributed by atoms with Crippen LogP contribution in [0.3, 0.4) is 0 Å². The van der Waals surface area contributed by atoms with Crippen molar-refractivity contribution in [2.45, 2.75) is 17.2 Å². The second-order valence-electron chi connectivity index (χ2n) is 12.3. The van der Waals surface area contributed by atoms with E-state index in [-0.39, 0.29) is 35.5 Å². The third-order valence-electron chi connectivity index (χ3n) is 8.31. The van der Waals surface area contributed by atoms with Crippen molar-refractivity contribution in [3.8, 4) is 23.2 Å². The molecule has 6 aromatic heterocycles. The molecule has 0 spiro atoms. The van der Waals surface area contributed by atoms with Crippen LogP contribution in [-0.2, 0) is 19.1 Å². The van der Waals surface area contributed by atoms with Crippen LogP contribution in [-0.4, -0.2) is 88.1 Å². The number of carbonyl (C=O) groups is 4. The third kappa shape index (κ3) is 10.0. The zero-order chi connectivity index (χ0) is 42.6. The largest absolute Gasteiger partial charge is 0.465 e. The van der Waals surface area contributed by atoms with Crippen molar-refractivity contribution in [1.29, 1.82) is 0 Å². The zero-order valence-corrected chi connectivity index (χ0v) is 34.1. The minimum atomic E-state index is -0.519. The third-order valence-corrected chi connectivity index (χ3v) is 10.2. The van der Waals surface area contributed by atoms with Gasteiger partial charge in [0.05, 0.1) is 60.3 Å². The van der Waals surface area contributed by atoms with Crippen LogP contribution in [0.15, 0.2) is 154 Å². The van der Waals surface area contributed by atoms with E-state index in [4.69, 9.17) is 18.3 Å². The van der Waals surface area contributed by atoms with Crippen molar-refractivity contribution < 1.29 is 37.5 Å². The number of rotatable bonds is 15. The minimum absolute atomic E-state index is 0.0626. The SMILES string of the molecule is CCOC(=O)c1ccccc1NC(=O)CSc1nnc(-c2ccco2)n1-n1cccc1.COC(=O)c1ccccc1NC(=O)CSc1nnc(-c2ccco2)n1-n1cccc1. The molecule has 0 saturated heterocycles. The summed E-state index contributed by atoms with van der Waals surface area (Å²) >= 11 is 2.42. The summed E-state index contributed by atoms with van der Waals surface area (Å²) in [6, 6.07) is 28.0. The molecule has 0 radical (unpaired) electrons. The minimum Gasteiger partial charge on any atom is -0.465 e. The number of amides is 2. The number of nitrogens with zero attached hydrogens (tertiary/aromatic N) is 8. The van der Waals surface area contributed by atoms with Crippen LogP contribution in [0.5, 0.6) is 0 Å². The second kappa shape index (κ2) is 19.9. The smallest absolute Gasteiger partial charge is 0.340 e. The van der Waals surface area contributed by atoms with E-state index in [0.29, 0.717) is 50.4 Å². The highest BCUT2D eigenvalue weighted by Gasteiger charge is 2.22. The highest BCUT2D eigenvalue weighted by atomic mass is 32.2. The van der Waals surface area contributed by atoms with Crippen molar-refractivity contribution in [1.82, 2.24) is 39.1 Å². The summed E-state index contributed by atoms with van der Waals surface area (Å²) in [7, 11) is 1.29. The molecule has 0 aliphatic rings. The van der Waals surface area contributed by atoms with E-state index in [2.05, 4.69) is 31.0 Å². The van der Waals surface area contributed by atoms with E-state index in [0.717, 1.165) is 0 Å². The fourth-order valence-corrected chi connectivity index (χ4v) is 7.12. The summed E-state index contributed by atoms with van der Waals surface area (Å²) in [5, 5.41) is 23.4. The molecule has 2 N–H and O–H groups in total. The lowest BCUT2D eigenvalue weighted by atomic mass is 10.2. The predicted octanol–water partition coefficient (Wildman–Crippen LogP) is 6.73. The summed E-state index contributed by atoms with van der Waals surface area (Å²) in [6.07, 6.45) is 10.5. The molecule has 0 atom stereocenters. The number of para-hydroxylation sites is 2. The molecule has 0 bridgehead atoms. The maximum absolute atomic E-state index is 12.6. The Balaban J connectivity index is 0.000000184. The first kappa shape index (κ1) is 41.6. The number of ether oxygens (including phenoxy) is 2. The average molecular weight is 861 g/mol. The number of benzene rings is 2. The topological polar surface area (TPSA) is 208 Å². The van der Waals surface area contributed by atoms with Gasteiger partial charge in [-0.05, 0) is 79.7 Å². The van der Waals surface area contributed by atoms with Crippen LogP contribution in [0, 0.1) is 0 Å². The number of anilines is 2. The number of aromatic nitrogens is 8. The van der Waals surface area contributed by atoms with Gasteiger partial charge < -0.3 is 28.9 Å². The number of nitrogens with one attached hydrogen (secondary N) is 2. The van der Waals surface area contributed by atoms with E-state index in [9.17, 15) is 19.2 Å².